The summed E-state index contributed by atoms with van der Waals surface area (Å²) in [7, 11) is 0. The van der Waals surface area contributed by atoms with Crippen LogP contribution in [0.2, 0.25) is 0 Å². The summed E-state index contributed by atoms with van der Waals surface area (Å²) in [4.78, 5) is 17.0. The van der Waals surface area contributed by atoms with Gasteiger partial charge in [-0.2, -0.15) is 0 Å². The minimum absolute atomic E-state index is 0.0479. The first-order chi connectivity index (χ1) is 16.1. The zero-order valence-electron chi connectivity index (χ0n) is 18.4. The molecule has 168 valence electrons. The van der Waals surface area contributed by atoms with Gasteiger partial charge in [-0.25, -0.2) is 9.50 Å². The number of nitrogens with one attached hydrogen (secondary N) is 2. The summed E-state index contributed by atoms with van der Waals surface area (Å²) in [5, 5.41) is 11.3. The molecule has 0 aliphatic heterocycles. The summed E-state index contributed by atoms with van der Waals surface area (Å²) in [6.45, 7) is 0. The Morgan fingerprint density at radius 1 is 1.00 bits per heavy atom. The van der Waals surface area contributed by atoms with Crippen LogP contribution in [0.3, 0.4) is 0 Å². The Labute approximate surface area is 193 Å². The summed E-state index contributed by atoms with van der Waals surface area (Å²) < 4.78 is 1.85. The van der Waals surface area contributed by atoms with Crippen molar-refractivity contribution in [1.29, 1.82) is 0 Å². The minimum Gasteiger partial charge on any atom is -0.366 e. The third-order valence-corrected chi connectivity index (χ3v) is 6.14. The minimum atomic E-state index is -0.0479. The standard InChI is InChI=1S/C26H28N6O/c27-20-9-11-21(12-10-20)29-24-13-14-25-28-17-23(32(25)31-24)19-7-4-8-22(16-19)30-26(33)15-18-5-2-1-3-6-18/h1-8,13-14,16-17,20-21H,9-12,15,27H2,(H,29,31)(H,30,33). The van der Waals surface area contributed by atoms with E-state index in [4.69, 9.17) is 10.8 Å². The molecule has 1 fully saturated rings. The molecular weight excluding hydrogens is 412 g/mol. The summed E-state index contributed by atoms with van der Waals surface area (Å²) in [5.41, 5.74) is 10.4. The van der Waals surface area contributed by atoms with Gasteiger partial charge in [-0.05, 0) is 55.5 Å². The van der Waals surface area contributed by atoms with E-state index >= 15 is 0 Å². The van der Waals surface area contributed by atoms with Crippen LogP contribution < -0.4 is 16.4 Å². The Kier molecular flexibility index (Phi) is 6.04. The quantitative estimate of drug-likeness (QED) is 0.416. The van der Waals surface area contributed by atoms with Gasteiger partial charge in [0.15, 0.2) is 5.65 Å². The fourth-order valence-corrected chi connectivity index (χ4v) is 4.36. The molecule has 33 heavy (non-hydrogen) atoms. The largest absolute Gasteiger partial charge is 0.366 e. The van der Waals surface area contributed by atoms with Crippen LogP contribution in [0.25, 0.3) is 16.9 Å². The second-order valence-electron chi connectivity index (χ2n) is 8.68. The van der Waals surface area contributed by atoms with Crippen LogP contribution >= 0.6 is 0 Å². The van der Waals surface area contributed by atoms with E-state index in [1.807, 2.05) is 77.4 Å². The lowest BCUT2D eigenvalue weighted by atomic mass is 9.92. The second kappa shape index (κ2) is 9.42. The first-order valence-corrected chi connectivity index (χ1v) is 11.5. The molecule has 1 aliphatic carbocycles. The van der Waals surface area contributed by atoms with E-state index in [2.05, 4.69) is 15.6 Å². The lowest BCUT2D eigenvalue weighted by Crippen LogP contribution is -2.33. The van der Waals surface area contributed by atoms with Crippen molar-refractivity contribution in [2.75, 3.05) is 10.6 Å². The van der Waals surface area contributed by atoms with E-state index in [1.165, 1.54) is 0 Å². The van der Waals surface area contributed by atoms with Gasteiger partial charge in [0.05, 0.1) is 18.3 Å². The number of aromatic nitrogens is 3. The number of hydrogen-bond donors (Lipinski definition) is 3. The van der Waals surface area contributed by atoms with E-state index in [1.54, 1.807) is 0 Å². The van der Waals surface area contributed by atoms with Crippen molar-refractivity contribution in [1.82, 2.24) is 14.6 Å². The first kappa shape index (κ1) is 21.2. The molecular formula is C26H28N6O. The van der Waals surface area contributed by atoms with Crippen LogP contribution in [0, 0.1) is 0 Å². The number of benzene rings is 2. The van der Waals surface area contributed by atoms with Crippen LogP contribution in [0.5, 0.6) is 0 Å². The van der Waals surface area contributed by atoms with Gasteiger partial charge in [0.1, 0.15) is 5.82 Å². The Balaban J connectivity index is 1.34. The van der Waals surface area contributed by atoms with Crippen LogP contribution in [0.15, 0.2) is 72.9 Å². The van der Waals surface area contributed by atoms with E-state index < -0.39 is 0 Å². The molecule has 1 amide bonds. The Morgan fingerprint density at radius 2 is 1.82 bits per heavy atom. The molecule has 2 aromatic heterocycles. The third-order valence-electron chi connectivity index (χ3n) is 6.14. The van der Waals surface area contributed by atoms with Crippen molar-refractivity contribution in [3.8, 4) is 11.3 Å². The summed E-state index contributed by atoms with van der Waals surface area (Å²) in [5.74, 6) is 0.780. The third kappa shape index (κ3) is 5.04. The molecule has 7 nitrogen and oxygen atoms in total. The highest BCUT2D eigenvalue weighted by atomic mass is 16.1. The van der Waals surface area contributed by atoms with Gasteiger partial charge < -0.3 is 16.4 Å². The summed E-state index contributed by atoms with van der Waals surface area (Å²) >= 11 is 0. The Hall–Kier alpha value is -3.71. The second-order valence-corrected chi connectivity index (χ2v) is 8.68. The molecule has 4 aromatic rings. The van der Waals surface area contributed by atoms with Crippen molar-refractivity contribution < 1.29 is 4.79 Å². The molecule has 1 saturated carbocycles. The van der Waals surface area contributed by atoms with Crippen molar-refractivity contribution in [2.45, 2.75) is 44.2 Å². The van der Waals surface area contributed by atoms with Gasteiger partial charge in [0.2, 0.25) is 5.91 Å². The normalized spacial score (nSPS) is 18.2. The van der Waals surface area contributed by atoms with Gasteiger partial charge >= 0.3 is 0 Å². The van der Waals surface area contributed by atoms with Crippen molar-refractivity contribution in [3.05, 3.63) is 78.5 Å². The number of carbonyl (C=O) groups excluding carboxylic acids is 1. The van der Waals surface area contributed by atoms with Gasteiger partial charge in [0, 0.05) is 23.3 Å². The molecule has 2 aromatic carbocycles. The van der Waals surface area contributed by atoms with Crippen LogP contribution in [0.4, 0.5) is 11.5 Å². The first-order valence-electron chi connectivity index (χ1n) is 11.5. The molecule has 4 N–H and O–H groups in total. The van der Waals surface area contributed by atoms with Crippen LogP contribution in [0.1, 0.15) is 31.2 Å². The number of rotatable bonds is 6. The zero-order valence-corrected chi connectivity index (χ0v) is 18.4. The number of hydrogen-bond acceptors (Lipinski definition) is 5. The highest BCUT2D eigenvalue weighted by Gasteiger charge is 2.19. The fourth-order valence-electron chi connectivity index (χ4n) is 4.36. The highest BCUT2D eigenvalue weighted by molar-refractivity contribution is 5.92. The Morgan fingerprint density at radius 3 is 2.64 bits per heavy atom. The average Bonchev–Trinajstić information content (AvgIpc) is 3.25. The predicted molar refractivity (Wildman–Crippen MR) is 131 cm³/mol. The predicted octanol–water partition coefficient (Wildman–Crippen LogP) is 4.26. The molecule has 0 bridgehead atoms. The van der Waals surface area contributed by atoms with Crippen LogP contribution in [-0.2, 0) is 11.2 Å². The number of carbonyl (C=O) groups is 1. The lowest BCUT2D eigenvalue weighted by molar-refractivity contribution is -0.115. The smallest absolute Gasteiger partial charge is 0.228 e. The fraction of sp³-hybridized carbons (Fsp3) is 0.269. The SMILES string of the molecule is NC1CCC(Nc2ccc3ncc(-c4cccc(NC(=O)Cc5ccccc5)c4)n3n2)CC1. The van der Waals surface area contributed by atoms with E-state index in [-0.39, 0.29) is 5.91 Å². The number of amides is 1. The van der Waals surface area contributed by atoms with E-state index in [9.17, 15) is 4.79 Å². The summed E-state index contributed by atoms with van der Waals surface area (Å²) in [6.07, 6.45) is 6.35. The lowest BCUT2D eigenvalue weighted by Gasteiger charge is -2.27. The maximum absolute atomic E-state index is 12.5. The molecule has 0 radical (unpaired) electrons. The van der Waals surface area contributed by atoms with Crippen molar-refractivity contribution in [2.24, 2.45) is 5.73 Å². The molecule has 7 heteroatoms. The van der Waals surface area contributed by atoms with Gasteiger partial charge in [-0.1, -0.05) is 42.5 Å². The van der Waals surface area contributed by atoms with Gasteiger partial charge in [-0.3, -0.25) is 4.79 Å². The molecule has 1 aliphatic rings. The molecule has 5 rings (SSSR count). The molecule has 0 atom stereocenters. The van der Waals surface area contributed by atoms with Gasteiger partial charge in [0.25, 0.3) is 0 Å². The number of nitrogens with two attached hydrogens (primary N) is 1. The van der Waals surface area contributed by atoms with E-state index in [0.717, 1.165) is 59.7 Å². The maximum atomic E-state index is 12.5. The van der Waals surface area contributed by atoms with E-state index in [0.29, 0.717) is 18.5 Å². The molecule has 0 saturated heterocycles. The number of imidazole rings is 1. The summed E-state index contributed by atoms with van der Waals surface area (Å²) in [6, 6.07) is 22.2. The molecule has 0 spiro atoms. The number of nitrogens with zero attached hydrogens (tertiary/aromatic N) is 3. The molecule has 2 heterocycles. The van der Waals surface area contributed by atoms with Crippen molar-refractivity contribution >= 4 is 23.1 Å². The highest BCUT2D eigenvalue weighted by Crippen LogP contribution is 2.25. The van der Waals surface area contributed by atoms with Gasteiger partial charge in [-0.15, -0.1) is 5.10 Å². The number of anilines is 2. The van der Waals surface area contributed by atoms with Crippen LogP contribution in [-0.4, -0.2) is 32.6 Å². The topological polar surface area (TPSA) is 97.3 Å². The monoisotopic (exact) mass is 440 g/mol. The maximum Gasteiger partial charge on any atom is 0.228 e. The van der Waals surface area contributed by atoms with Crippen molar-refractivity contribution in [3.63, 3.8) is 0 Å². The number of fused-ring (bicyclic) bond motifs is 1. The Bertz CT molecular complexity index is 1240. The molecule has 0 unspecified atom stereocenters. The average molecular weight is 441 g/mol. The zero-order chi connectivity index (χ0) is 22.6.